The fourth-order valence-corrected chi connectivity index (χ4v) is 2.83. The second kappa shape index (κ2) is 9.27. The number of hydrogen-bond donors (Lipinski definition) is 3. The van der Waals surface area contributed by atoms with Crippen LogP contribution < -0.4 is 5.48 Å². The maximum absolute atomic E-state index is 12.5. The molecule has 0 aromatic heterocycles. The number of amides is 1. The molecule has 0 unspecified atom stereocenters. The number of aliphatic hydroxyl groups is 1. The van der Waals surface area contributed by atoms with E-state index in [1.165, 1.54) is 18.0 Å². The van der Waals surface area contributed by atoms with Gasteiger partial charge in [0.2, 0.25) is 5.91 Å². The molecule has 0 radical (unpaired) electrons. The summed E-state index contributed by atoms with van der Waals surface area (Å²) < 4.78 is 0. The van der Waals surface area contributed by atoms with E-state index in [0.717, 1.165) is 17.5 Å². The topological polar surface area (TPSA) is 86.6 Å². The Kier molecular flexibility index (Phi) is 7.06. The van der Waals surface area contributed by atoms with Crippen LogP contribution in [0.5, 0.6) is 0 Å². The van der Waals surface area contributed by atoms with E-state index < -0.39 is 17.9 Å². The Hall–Kier alpha value is -2.50. The van der Waals surface area contributed by atoms with Crippen molar-refractivity contribution in [3.8, 4) is 11.1 Å². The van der Waals surface area contributed by atoms with Crippen molar-refractivity contribution >= 4 is 11.7 Å². The fourth-order valence-electron chi connectivity index (χ4n) is 2.83. The van der Waals surface area contributed by atoms with Crippen LogP contribution in [0, 0.1) is 5.92 Å². The molecule has 5 nitrogen and oxygen atoms in total. The first-order valence-corrected chi connectivity index (χ1v) is 8.78. The highest BCUT2D eigenvalue weighted by Crippen LogP contribution is 2.23. The zero-order chi connectivity index (χ0) is 19.1. The van der Waals surface area contributed by atoms with Crippen LogP contribution in [0.1, 0.15) is 42.6 Å². The number of aryl methyl sites for hydroxylation is 1. The van der Waals surface area contributed by atoms with Gasteiger partial charge in [-0.15, -0.1) is 0 Å². The number of ketones is 1. The van der Waals surface area contributed by atoms with Gasteiger partial charge in [-0.1, -0.05) is 55.5 Å². The first-order valence-electron chi connectivity index (χ1n) is 8.78. The summed E-state index contributed by atoms with van der Waals surface area (Å²) in [5, 5.41) is 18.4. The molecule has 138 valence electrons. The molecule has 5 heteroatoms. The van der Waals surface area contributed by atoms with Gasteiger partial charge in [0.25, 0.3) is 0 Å². The maximum atomic E-state index is 12.5. The molecule has 0 spiro atoms. The van der Waals surface area contributed by atoms with Crippen LogP contribution in [-0.2, 0) is 11.2 Å². The highest BCUT2D eigenvalue weighted by atomic mass is 16.5. The minimum atomic E-state index is -0.826. The van der Waals surface area contributed by atoms with E-state index in [1.807, 2.05) is 12.1 Å². The van der Waals surface area contributed by atoms with Crippen molar-refractivity contribution in [3.63, 3.8) is 0 Å². The van der Waals surface area contributed by atoms with Crippen LogP contribution in [-0.4, -0.2) is 28.1 Å². The molecule has 2 aromatic rings. The van der Waals surface area contributed by atoms with E-state index in [9.17, 15) is 14.7 Å². The lowest BCUT2D eigenvalue weighted by Crippen LogP contribution is -2.28. The van der Waals surface area contributed by atoms with E-state index in [4.69, 9.17) is 5.21 Å². The summed E-state index contributed by atoms with van der Waals surface area (Å²) >= 11 is 0. The Morgan fingerprint density at radius 2 is 1.50 bits per heavy atom. The maximum Gasteiger partial charge on any atom is 0.243 e. The molecule has 0 aliphatic carbocycles. The van der Waals surface area contributed by atoms with Crippen molar-refractivity contribution in [3.05, 3.63) is 59.7 Å². The molecule has 0 bridgehead atoms. The third kappa shape index (κ3) is 5.25. The van der Waals surface area contributed by atoms with Gasteiger partial charge in [-0.2, -0.15) is 0 Å². The van der Waals surface area contributed by atoms with Crippen LogP contribution in [0.25, 0.3) is 11.1 Å². The first-order chi connectivity index (χ1) is 12.4. The molecule has 0 fully saturated rings. The number of aliphatic hydroxyl groups excluding tert-OH is 1. The summed E-state index contributed by atoms with van der Waals surface area (Å²) in [6, 6.07) is 15.6. The van der Waals surface area contributed by atoms with Gasteiger partial charge in [0, 0.05) is 24.3 Å². The third-order valence-corrected chi connectivity index (χ3v) is 4.60. The molecule has 2 rings (SSSR count). The fraction of sp³-hybridized carbons (Fsp3) is 0.333. The molecule has 2 atom stereocenters. The number of hydrogen-bond acceptors (Lipinski definition) is 4. The lowest BCUT2D eigenvalue weighted by molar-refractivity contribution is -0.131. The van der Waals surface area contributed by atoms with Crippen molar-refractivity contribution in [2.45, 2.75) is 39.2 Å². The molecule has 26 heavy (non-hydrogen) atoms. The quantitative estimate of drug-likeness (QED) is 0.385. The van der Waals surface area contributed by atoms with E-state index >= 15 is 0 Å². The molecule has 2 aromatic carbocycles. The minimum Gasteiger partial charge on any atom is -0.393 e. The minimum absolute atomic E-state index is 0.0373. The van der Waals surface area contributed by atoms with E-state index in [2.05, 4.69) is 31.2 Å². The largest absolute Gasteiger partial charge is 0.393 e. The molecule has 0 saturated heterocycles. The number of hydroxylamine groups is 1. The Morgan fingerprint density at radius 1 is 0.962 bits per heavy atom. The molecule has 0 heterocycles. The number of benzene rings is 2. The summed E-state index contributed by atoms with van der Waals surface area (Å²) in [6.45, 7) is 3.64. The van der Waals surface area contributed by atoms with Gasteiger partial charge in [-0.05, 0) is 30.0 Å². The molecule has 0 aliphatic heterocycles. The summed E-state index contributed by atoms with van der Waals surface area (Å²) in [5.41, 5.74) is 5.46. The van der Waals surface area contributed by atoms with Gasteiger partial charge in [0.15, 0.2) is 5.78 Å². The lowest BCUT2D eigenvalue weighted by atomic mass is 9.90. The normalized spacial score (nSPS) is 13.1. The molecule has 0 aliphatic rings. The summed E-state index contributed by atoms with van der Waals surface area (Å²) in [6.07, 6.45) is 0.0942. The van der Waals surface area contributed by atoms with Crippen molar-refractivity contribution < 1.29 is 19.9 Å². The van der Waals surface area contributed by atoms with Crippen LogP contribution in [0.3, 0.4) is 0 Å². The zero-order valence-corrected chi connectivity index (χ0v) is 15.1. The van der Waals surface area contributed by atoms with E-state index in [1.54, 1.807) is 12.1 Å². The predicted molar refractivity (Wildman–Crippen MR) is 99.9 cm³/mol. The molecule has 3 N–H and O–H groups in total. The summed E-state index contributed by atoms with van der Waals surface area (Å²) in [7, 11) is 0. The summed E-state index contributed by atoms with van der Waals surface area (Å²) in [4.78, 5) is 23.8. The predicted octanol–water partition coefficient (Wildman–Crippen LogP) is 3.38. The van der Waals surface area contributed by atoms with Crippen molar-refractivity contribution in [2.75, 3.05) is 0 Å². The molecule has 1 amide bonds. The van der Waals surface area contributed by atoms with Crippen LogP contribution >= 0.6 is 0 Å². The van der Waals surface area contributed by atoms with Gasteiger partial charge in [0.05, 0.1) is 6.10 Å². The second-order valence-corrected chi connectivity index (χ2v) is 6.49. The van der Waals surface area contributed by atoms with Gasteiger partial charge in [-0.3, -0.25) is 14.8 Å². The Labute approximate surface area is 153 Å². The van der Waals surface area contributed by atoms with Gasteiger partial charge in [0.1, 0.15) is 0 Å². The van der Waals surface area contributed by atoms with Crippen molar-refractivity contribution in [2.24, 2.45) is 5.92 Å². The van der Waals surface area contributed by atoms with Crippen LogP contribution in [0.15, 0.2) is 48.5 Å². The zero-order valence-electron chi connectivity index (χ0n) is 15.1. The average Bonchev–Trinajstić information content (AvgIpc) is 2.67. The van der Waals surface area contributed by atoms with Gasteiger partial charge >= 0.3 is 0 Å². The van der Waals surface area contributed by atoms with Gasteiger partial charge < -0.3 is 5.11 Å². The van der Waals surface area contributed by atoms with Crippen molar-refractivity contribution in [1.82, 2.24) is 5.48 Å². The Bertz CT molecular complexity index is 736. The highest BCUT2D eigenvalue weighted by molar-refractivity contribution is 5.97. The highest BCUT2D eigenvalue weighted by Gasteiger charge is 2.22. The monoisotopic (exact) mass is 355 g/mol. The smallest absolute Gasteiger partial charge is 0.243 e. The Morgan fingerprint density at radius 3 is 1.96 bits per heavy atom. The number of carbonyl (C=O) groups is 2. The standard InChI is InChI=1S/C21H25NO4/c1-3-15-4-6-16(7-5-15)17-8-10-18(11-9-17)20(24)12-19(14(2)23)13-21(25)22-26/h4-11,14,19,23,26H,3,12-13H2,1-2H3,(H,22,25)/t14-,19-/m1/s1. The molecular weight excluding hydrogens is 330 g/mol. The number of rotatable bonds is 8. The average molecular weight is 355 g/mol. The third-order valence-electron chi connectivity index (χ3n) is 4.60. The SMILES string of the molecule is CCc1ccc(-c2ccc(C(=O)C[C@H](CC(=O)NO)[C@@H](C)O)cc2)cc1. The van der Waals surface area contributed by atoms with E-state index in [0.29, 0.717) is 5.56 Å². The van der Waals surface area contributed by atoms with Crippen LogP contribution in [0.4, 0.5) is 0 Å². The number of Topliss-reactive ketones (excluding diaryl/α,β-unsaturated/α-hetero) is 1. The summed E-state index contributed by atoms with van der Waals surface area (Å²) in [5.74, 6) is -1.31. The molecular formula is C21H25NO4. The second-order valence-electron chi connectivity index (χ2n) is 6.49. The molecule has 0 saturated carbocycles. The lowest BCUT2D eigenvalue weighted by Gasteiger charge is -2.18. The van der Waals surface area contributed by atoms with Crippen LogP contribution in [0.2, 0.25) is 0 Å². The van der Waals surface area contributed by atoms with Gasteiger partial charge in [-0.25, -0.2) is 5.48 Å². The van der Waals surface area contributed by atoms with E-state index in [-0.39, 0.29) is 18.6 Å². The first kappa shape index (κ1) is 19.8. The number of carbonyl (C=O) groups excluding carboxylic acids is 2. The van der Waals surface area contributed by atoms with Crippen molar-refractivity contribution in [1.29, 1.82) is 0 Å². The number of nitrogens with one attached hydrogen (secondary N) is 1. The Balaban J connectivity index is 2.08.